The second-order valence-corrected chi connectivity index (χ2v) is 4.25. The minimum atomic E-state index is -1.02. The van der Waals surface area contributed by atoms with Crippen molar-refractivity contribution in [1.29, 1.82) is 0 Å². The first-order valence-electron chi connectivity index (χ1n) is 5.97. The summed E-state index contributed by atoms with van der Waals surface area (Å²) < 4.78 is 1.72. The van der Waals surface area contributed by atoms with E-state index in [9.17, 15) is 9.90 Å². The van der Waals surface area contributed by atoms with Crippen molar-refractivity contribution in [2.45, 2.75) is 0 Å². The van der Waals surface area contributed by atoms with Gasteiger partial charge < -0.3 is 5.11 Å². The van der Waals surface area contributed by atoms with Gasteiger partial charge >= 0.3 is 5.97 Å². The highest BCUT2D eigenvalue weighted by Crippen LogP contribution is 2.24. The van der Waals surface area contributed by atoms with E-state index in [1.54, 1.807) is 23.0 Å². The van der Waals surface area contributed by atoms with Gasteiger partial charge in [-0.15, -0.1) is 6.42 Å². The fraction of sp³-hybridized carbons (Fsp3) is 0. The van der Waals surface area contributed by atoms with E-state index in [1.165, 1.54) is 6.07 Å². The quantitative estimate of drug-likeness (QED) is 0.722. The summed E-state index contributed by atoms with van der Waals surface area (Å²) in [5.41, 5.74) is 2.75. The van der Waals surface area contributed by atoms with E-state index in [0.717, 1.165) is 11.0 Å². The summed E-state index contributed by atoms with van der Waals surface area (Å²) in [6.07, 6.45) is 7.08. The van der Waals surface area contributed by atoms with Crippen molar-refractivity contribution < 1.29 is 9.90 Å². The van der Waals surface area contributed by atoms with E-state index in [-0.39, 0.29) is 5.56 Å². The smallest absolute Gasteiger partial charge is 0.337 e. The van der Waals surface area contributed by atoms with Gasteiger partial charge in [-0.2, -0.15) is 0 Å². The van der Waals surface area contributed by atoms with Crippen LogP contribution in [0.3, 0.4) is 0 Å². The molecule has 0 spiro atoms. The molecular weight excluding hydrogens is 252 g/mol. The summed E-state index contributed by atoms with van der Waals surface area (Å²) in [6.45, 7) is 0. The molecule has 0 radical (unpaired) electrons. The minimum absolute atomic E-state index is 0.156. The lowest BCUT2D eigenvalue weighted by Crippen LogP contribution is -2.07. The number of nitrogens with zero attached hydrogens (tertiary/aromatic N) is 2. The maximum atomic E-state index is 11.4. The number of hydrogen-bond donors (Lipinski definition) is 1. The van der Waals surface area contributed by atoms with Crippen molar-refractivity contribution in [3.05, 3.63) is 59.9 Å². The van der Waals surface area contributed by atoms with Crippen LogP contribution in [-0.2, 0) is 0 Å². The van der Waals surface area contributed by atoms with Gasteiger partial charge in [0.1, 0.15) is 6.33 Å². The number of carboxylic acid groups (broad SMARTS) is 1. The van der Waals surface area contributed by atoms with Crippen molar-refractivity contribution in [2.75, 3.05) is 0 Å². The molecule has 3 aromatic rings. The van der Waals surface area contributed by atoms with E-state index < -0.39 is 5.97 Å². The molecule has 1 N–H and O–H groups in total. The number of benzene rings is 2. The van der Waals surface area contributed by atoms with Gasteiger partial charge in [0.2, 0.25) is 0 Å². The van der Waals surface area contributed by atoms with Crippen molar-refractivity contribution in [3.63, 3.8) is 0 Å². The van der Waals surface area contributed by atoms with Gasteiger partial charge in [0, 0.05) is 5.56 Å². The molecule has 0 bridgehead atoms. The molecule has 0 aliphatic carbocycles. The molecule has 0 atom stereocenters. The number of para-hydroxylation sites is 3. The normalized spacial score (nSPS) is 10.3. The lowest BCUT2D eigenvalue weighted by atomic mass is 10.1. The Kier molecular flexibility index (Phi) is 2.73. The van der Waals surface area contributed by atoms with E-state index in [2.05, 4.69) is 10.9 Å². The number of carboxylic acids is 1. The number of aromatic carboxylic acids is 1. The molecule has 4 heteroatoms. The minimum Gasteiger partial charge on any atom is -0.478 e. The highest BCUT2D eigenvalue weighted by atomic mass is 16.4. The predicted octanol–water partition coefficient (Wildman–Crippen LogP) is 2.71. The van der Waals surface area contributed by atoms with E-state index in [4.69, 9.17) is 6.42 Å². The standard InChI is InChI=1S/C16H10N2O2/c1-2-11-6-5-7-12(16(19)20)15(11)18-10-17-13-8-3-4-9-14(13)18/h1,3-10H,(H,19,20). The summed E-state index contributed by atoms with van der Waals surface area (Å²) in [5.74, 6) is 1.51. The van der Waals surface area contributed by atoms with Gasteiger partial charge in [-0.05, 0) is 24.3 Å². The molecule has 2 aromatic carbocycles. The monoisotopic (exact) mass is 262 g/mol. The number of terminal acetylenes is 1. The molecule has 0 aliphatic heterocycles. The van der Waals surface area contributed by atoms with Crippen LogP contribution in [0.2, 0.25) is 0 Å². The summed E-state index contributed by atoms with van der Waals surface area (Å²) in [4.78, 5) is 15.7. The molecule has 0 saturated carbocycles. The van der Waals surface area contributed by atoms with Crippen LogP contribution in [0.4, 0.5) is 0 Å². The van der Waals surface area contributed by atoms with Crippen molar-refractivity contribution in [1.82, 2.24) is 9.55 Å². The Balaban J connectivity index is 2.40. The van der Waals surface area contributed by atoms with Crippen LogP contribution in [0, 0.1) is 12.3 Å². The van der Waals surface area contributed by atoms with Gasteiger partial charge in [-0.1, -0.05) is 24.1 Å². The SMILES string of the molecule is C#Cc1cccc(C(=O)O)c1-n1cnc2ccccc21. The summed E-state index contributed by atoms with van der Waals surface area (Å²) in [7, 11) is 0. The number of rotatable bonds is 2. The Hall–Kier alpha value is -3.06. The number of carbonyl (C=O) groups is 1. The molecule has 0 saturated heterocycles. The topological polar surface area (TPSA) is 55.1 Å². The van der Waals surface area contributed by atoms with Gasteiger partial charge in [-0.3, -0.25) is 4.57 Å². The predicted molar refractivity (Wildman–Crippen MR) is 76.0 cm³/mol. The first-order valence-corrected chi connectivity index (χ1v) is 5.97. The number of hydrogen-bond acceptors (Lipinski definition) is 2. The third-order valence-electron chi connectivity index (χ3n) is 3.12. The van der Waals surface area contributed by atoms with E-state index >= 15 is 0 Å². The van der Waals surface area contributed by atoms with Crippen LogP contribution in [0.1, 0.15) is 15.9 Å². The Morgan fingerprint density at radius 1 is 1.20 bits per heavy atom. The number of fused-ring (bicyclic) bond motifs is 1. The van der Waals surface area contributed by atoms with Gasteiger partial charge in [0.15, 0.2) is 0 Å². The lowest BCUT2D eigenvalue weighted by Gasteiger charge is -2.10. The third-order valence-corrected chi connectivity index (χ3v) is 3.12. The molecule has 4 nitrogen and oxygen atoms in total. The number of aromatic nitrogens is 2. The summed E-state index contributed by atoms with van der Waals surface area (Å²) in [6, 6.07) is 12.4. The zero-order valence-electron chi connectivity index (χ0n) is 10.4. The summed E-state index contributed by atoms with van der Waals surface area (Å²) in [5, 5.41) is 9.35. The highest BCUT2D eigenvalue weighted by molar-refractivity contribution is 5.94. The molecular formula is C16H10N2O2. The fourth-order valence-electron chi connectivity index (χ4n) is 2.23. The first kappa shape index (κ1) is 12.0. The Morgan fingerprint density at radius 3 is 2.75 bits per heavy atom. The average molecular weight is 262 g/mol. The lowest BCUT2D eigenvalue weighted by molar-refractivity contribution is 0.0697. The van der Waals surface area contributed by atoms with Crippen molar-refractivity contribution >= 4 is 17.0 Å². The van der Waals surface area contributed by atoms with Crippen LogP contribution in [0.15, 0.2) is 48.8 Å². The van der Waals surface area contributed by atoms with E-state index in [1.807, 2.05) is 24.3 Å². The second-order valence-electron chi connectivity index (χ2n) is 4.25. The van der Waals surface area contributed by atoms with Crippen molar-refractivity contribution in [3.8, 4) is 18.0 Å². The Bertz CT molecular complexity index is 856. The number of imidazole rings is 1. The molecule has 0 aliphatic rings. The first-order chi connectivity index (χ1) is 9.72. The average Bonchev–Trinajstić information content (AvgIpc) is 2.90. The molecule has 3 rings (SSSR count). The maximum Gasteiger partial charge on any atom is 0.337 e. The van der Waals surface area contributed by atoms with Crippen molar-refractivity contribution in [2.24, 2.45) is 0 Å². The Labute approximate surface area is 115 Å². The molecule has 20 heavy (non-hydrogen) atoms. The fourth-order valence-corrected chi connectivity index (χ4v) is 2.23. The van der Waals surface area contributed by atoms with Gasteiger partial charge in [-0.25, -0.2) is 9.78 Å². The highest BCUT2D eigenvalue weighted by Gasteiger charge is 2.16. The maximum absolute atomic E-state index is 11.4. The second kappa shape index (κ2) is 4.56. The molecule has 0 fully saturated rings. The zero-order chi connectivity index (χ0) is 14.1. The largest absolute Gasteiger partial charge is 0.478 e. The van der Waals surface area contributed by atoms with Crippen LogP contribution < -0.4 is 0 Å². The van der Waals surface area contributed by atoms with Crippen LogP contribution in [0.25, 0.3) is 16.7 Å². The van der Waals surface area contributed by atoms with Crippen LogP contribution in [-0.4, -0.2) is 20.6 Å². The van der Waals surface area contributed by atoms with Gasteiger partial charge in [0.05, 0.1) is 22.3 Å². The molecule has 1 aromatic heterocycles. The molecule has 0 unspecified atom stereocenters. The Morgan fingerprint density at radius 2 is 2.00 bits per heavy atom. The molecule has 1 heterocycles. The summed E-state index contributed by atoms with van der Waals surface area (Å²) >= 11 is 0. The zero-order valence-corrected chi connectivity index (χ0v) is 10.4. The van der Waals surface area contributed by atoms with E-state index in [0.29, 0.717) is 11.3 Å². The molecule has 0 amide bonds. The van der Waals surface area contributed by atoms with Gasteiger partial charge in [0.25, 0.3) is 0 Å². The van der Waals surface area contributed by atoms with Crippen LogP contribution >= 0.6 is 0 Å². The molecule has 96 valence electrons. The third kappa shape index (κ3) is 1.73. The van der Waals surface area contributed by atoms with Crippen LogP contribution in [0.5, 0.6) is 0 Å².